The fourth-order valence-electron chi connectivity index (χ4n) is 6.31. The molecule has 1 N–H and O–H groups in total. The zero-order valence-electron chi connectivity index (χ0n) is 17.7. The van der Waals surface area contributed by atoms with E-state index in [0.29, 0.717) is 0 Å². The van der Waals surface area contributed by atoms with Crippen LogP contribution in [0.3, 0.4) is 0 Å². The van der Waals surface area contributed by atoms with Crippen molar-refractivity contribution < 1.29 is 0 Å². The van der Waals surface area contributed by atoms with E-state index in [1.807, 2.05) is 0 Å². The van der Waals surface area contributed by atoms with Crippen molar-refractivity contribution in [3.63, 3.8) is 0 Å². The molecule has 152 valence electrons. The minimum absolute atomic E-state index is 0.832. The predicted octanol–water partition coefficient (Wildman–Crippen LogP) is 7.78. The van der Waals surface area contributed by atoms with E-state index in [0.717, 1.165) is 23.9 Å². The van der Waals surface area contributed by atoms with Gasteiger partial charge < -0.3 is 5.32 Å². The molecule has 3 fully saturated rings. The van der Waals surface area contributed by atoms with Crippen LogP contribution in [0.25, 0.3) is 0 Å². The Morgan fingerprint density at radius 1 is 0.385 bits per heavy atom. The average molecular weight is 362 g/mol. The van der Waals surface area contributed by atoms with E-state index in [-0.39, 0.29) is 0 Å². The number of hydrogen-bond donors (Lipinski definition) is 1. The SMILES string of the molecule is C1CCCCC(NC2CCCC2C2CCCCCCCCC2)CCCC1. The summed E-state index contributed by atoms with van der Waals surface area (Å²) < 4.78 is 0. The lowest BCUT2D eigenvalue weighted by molar-refractivity contribution is 0.217. The highest BCUT2D eigenvalue weighted by molar-refractivity contribution is 4.90. The molecule has 2 atom stereocenters. The van der Waals surface area contributed by atoms with Crippen LogP contribution >= 0.6 is 0 Å². The van der Waals surface area contributed by atoms with E-state index in [4.69, 9.17) is 0 Å². The molecule has 0 saturated heterocycles. The molecule has 2 unspecified atom stereocenters. The van der Waals surface area contributed by atoms with Crippen LogP contribution in [0.5, 0.6) is 0 Å². The summed E-state index contributed by atoms with van der Waals surface area (Å²) in [4.78, 5) is 0. The summed E-state index contributed by atoms with van der Waals surface area (Å²) in [7, 11) is 0. The van der Waals surface area contributed by atoms with Gasteiger partial charge in [0.05, 0.1) is 0 Å². The molecule has 26 heavy (non-hydrogen) atoms. The molecule has 3 saturated carbocycles. The Balaban J connectivity index is 1.51. The van der Waals surface area contributed by atoms with Crippen molar-refractivity contribution in [2.45, 2.75) is 147 Å². The molecule has 0 aliphatic heterocycles. The quantitative estimate of drug-likeness (QED) is 0.541. The normalized spacial score (nSPS) is 32.3. The molecule has 3 aliphatic rings. The minimum atomic E-state index is 0.832. The van der Waals surface area contributed by atoms with Gasteiger partial charge in [0.1, 0.15) is 0 Å². The second-order valence-corrected chi connectivity index (χ2v) is 9.93. The minimum Gasteiger partial charge on any atom is -0.311 e. The molecular formula is C25H47N. The summed E-state index contributed by atoms with van der Waals surface area (Å²) in [5.41, 5.74) is 0. The lowest BCUT2D eigenvalue weighted by Gasteiger charge is -2.33. The van der Waals surface area contributed by atoms with Crippen molar-refractivity contribution in [1.29, 1.82) is 0 Å². The van der Waals surface area contributed by atoms with E-state index in [1.165, 1.54) is 135 Å². The Kier molecular flexibility index (Phi) is 9.89. The standard InChI is InChI=1S/C25H47N/c1-3-7-11-16-22(17-12-8-4-1)24-20-15-21-25(24)26-23-18-13-9-5-2-6-10-14-19-23/h22-26H,1-21H2. The van der Waals surface area contributed by atoms with E-state index in [2.05, 4.69) is 5.32 Å². The molecule has 0 aromatic rings. The molecule has 0 bridgehead atoms. The van der Waals surface area contributed by atoms with Crippen LogP contribution in [-0.4, -0.2) is 12.1 Å². The summed E-state index contributed by atoms with van der Waals surface area (Å²) in [6, 6.07) is 1.69. The highest BCUT2D eigenvalue weighted by atomic mass is 15.0. The summed E-state index contributed by atoms with van der Waals surface area (Å²) in [5.74, 6) is 2.04. The summed E-state index contributed by atoms with van der Waals surface area (Å²) in [6.45, 7) is 0. The van der Waals surface area contributed by atoms with Crippen LogP contribution in [0, 0.1) is 11.8 Å². The fourth-order valence-corrected chi connectivity index (χ4v) is 6.31. The molecule has 0 aromatic heterocycles. The third kappa shape index (κ3) is 7.17. The van der Waals surface area contributed by atoms with Crippen LogP contribution in [0.2, 0.25) is 0 Å². The van der Waals surface area contributed by atoms with E-state index in [1.54, 1.807) is 0 Å². The number of nitrogens with one attached hydrogen (secondary N) is 1. The molecule has 0 spiro atoms. The largest absolute Gasteiger partial charge is 0.311 e. The van der Waals surface area contributed by atoms with Crippen molar-refractivity contribution in [3.8, 4) is 0 Å². The Bertz CT molecular complexity index is 332. The van der Waals surface area contributed by atoms with Crippen molar-refractivity contribution >= 4 is 0 Å². The van der Waals surface area contributed by atoms with Crippen LogP contribution in [0.15, 0.2) is 0 Å². The van der Waals surface area contributed by atoms with Crippen LogP contribution in [-0.2, 0) is 0 Å². The molecule has 3 aliphatic carbocycles. The average Bonchev–Trinajstić information content (AvgIpc) is 3.13. The lowest BCUT2D eigenvalue weighted by atomic mass is 9.79. The monoisotopic (exact) mass is 361 g/mol. The molecule has 0 amide bonds. The van der Waals surface area contributed by atoms with Gasteiger partial charge in [0.25, 0.3) is 0 Å². The maximum absolute atomic E-state index is 4.25. The third-order valence-electron chi connectivity index (χ3n) is 7.88. The van der Waals surface area contributed by atoms with Gasteiger partial charge in [-0.3, -0.25) is 0 Å². The van der Waals surface area contributed by atoms with Gasteiger partial charge in [-0.1, -0.05) is 109 Å². The Hall–Kier alpha value is -0.0400. The fraction of sp³-hybridized carbons (Fsp3) is 1.00. The third-order valence-corrected chi connectivity index (χ3v) is 7.88. The number of rotatable bonds is 3. The maximum Gasteiger partial charge on any atom is 0.0101 e. The molecule has 3 rings (SSSR count). The van der Waals surface area contributed by atoms with Gasteiger partial charge in [-0.05, 0) is 37.5 Å². The van der Waals surface area contributed by atoms with Crippen LogP contribution in [0.1, 0.15) is 135 Å². The van der Waals surface area contributed by atoms with E-state index >= 15 is 0 Å². The molecule has 0 heterocycles. The molecular weight excluding hydrogens is 314 g/mol. The van der Waals surface area contributed by atoms with Gasteiger partial charge in [0.2, 0.25) is 0 Å². The van der Waals surface area contributed by atoms with Crippen molar-refractivity contribution in [1.82, 2.24) is 5.32 Å². The number of hydrogen-bond acceptors (Lipinski definition) is 1. The van der Waals surface area contributed by atoms with Gasteiger partial charge >= 0.3 is 0 Å². The zero-order chi connectivity index (χ0) is 17.9. The lowest BCUT2D eigenvalue weighted by Crippen LogP contribution is -2.42. The Morgan fingerprint density at radius 2 is 0.846 bits per heavy atom. The zero-order valence-corrected chi connectivity index (χ0v) is 17.7. The molecule has 0 radical (unpaired) electrons. The maximum atomic E-state index is 4.25. The summed E-state index contributed by atoms with van der Waals surface area (Å²) >= 11 is 0. The van der Waals surface area contributed by atoms with Gasteiger partial charge in [0, 0.05) is 12.1 Å². The van der Waals surface area contributed by atoms with E-state index < -0.39 is 0 Å². The van der Waals surface area contributed by atoms with Gasteiger partial charge in [-0.15, -0.1) is 0 Å². The molecule has 1 heteroatoms. The highest BCUT2D eigenvalue weighted by Crippen LogP contribution is 2.38. The van der Waals surface area contributed by atoms with Crippen molar-refractivity contribution in [2.75, 3.05) is 0 Å². The predicted molar refractivity (Wildman–Crippen MR) is 115 cm³/mol. The van der Waals surface area contributed by atoms with Crippen LogP contribution in [0.4, 0.5) is 0 Å². The van der Waals surface area contributed by atoms with Gasteiger partial charge in [-0.2, -0.15) is 0 Å². The second-order valence-electron chi connectivity index (χ2n) is 9.93. The Morgan fingerprint density at radius 3 is 1.38 bits per heavy atom. The first-order valence-corrected chi connectivity index (χ1v) is 12.7. The second kappa shape index (κ2) is 12.4. The molecule has 1 nitrogen and oxygen atoms in total. The first-order chi connectivity index (χ1) is 12.9. The summed E-state index contributed by atoms with van der Waals surface area (Å²) in [6.07, 6.45) is 31.4. The van der Waals surface area contributed by atoms with E-state index in [9.17, 15) is 0 Å². The smallest absolute Gasteiger partial charge is 0.0101 e. The van der Waals surface area contributed by atoms with Crippen molar-refractivity contribution in [2.24, 2.45) is 11.8 Å². The Labute approximate surface area is 164 Å². The summed E-state index contributed by atoms with van der Waals surface area (Å²) in [5, 5.41) is 4.25. The van der Waals surface area contributed by atoms with Gasteiger partial charge in [0.15, 0.2) is 0 Å². The van der Waals surface area contributed by atoms with Crippen LogP contribution < -0.4 is 5.32 Å². The topological polar surface area (TPSA) is 12.0 Å². The van der Waals surface area contributed by atoms with Gasteiger partial charge in [-0.25, -0.2) is 0 Å². The first kappa shape index (κ1) is 20.7. The first-order valence-electron chi connectivity index (χ1n) is 12.7. The molecule has 0 aromatic carbocycles. The highest BCUT2D eigenvalue weighted by Gasteiger charge is 2.34. The van der Waals surface area contributed by atoms with Crippen molar-refractivity contribution in [3.05, 3.63) is 0 Å².